The summed E-state index contributed by atoms with van der Waals surface area (Å²) in [5.41, 5.74) is 5.64. The van der Waals surface area contributed by atoms with Crippen molar-refractivity contribution >= 4 is 5.91 Å². The van der Waals surface area contributed by atoms with E-state index in [1.807, 2.05) is 24.1 Å². The highest BCUT2D eigenvalue weighted by Crippen LogP contribution is 2.13. The van der Waals surface area contributed by atoms with E-state index in [-0.39, 0.29) is 30.7 Å². The Hall–Kier alpha value is -1.63. The van der Waals surface area contributed by atoms with Gasteiger partial charge in [-0.1, -0.05) is 13.8 Å². The molecular weight excluding hydrogens is 254 g/mol. The smallest absolute Gasteiger partial charge is 0.236 e. The number of amides is 1. The van der Waals surface area contributed by atoms with E-state index in [0.717, 1.165) is 6.54 Å². The number of nitrogens with two attached hydrogens (primary N) is 1. The van der Waals surface area contributed by atoms with E-state index < -0.39 is 0 Å². The Bertz CT molecular complexity index is 362. The van der Waals surface area contributed by atoms with Gasteiger partial charge >= 0.3 is 0 Å². The third kappa shape index (κ3) is 7.73. The number of carbonyl (C=O) groups is 1. The first-order chi connectivity index (χ1) is 9.36. The summed E-state index contributed by atoms with van der Waals surface area (Å²) in [7, 11) is 1.88. The zero-order valence-corrected chi connectivity index (χ0v) is 12.7. The molecule has 0 rings (SSSR count). The lowest BCUT2D eigenvalue weighted by Gasteiger charge is -2.30. The predicted molar refractivity (Wildman–Crippen MR) is 77.4 cm³/mol. The van der Waals surface area contributed by atoms with Gasteiger partial charge in [-0.05, 0) is 19.0 Å². The van der Waals surface area contributed by atoms with Crippen molar-refractivity contribution in [3.05, 3.63) is 0 Å². The maximum atomic E-state index is 12.2. The molecule has 0 spiro atoms. The number of hydrogen-bond donors (Lipinski definition) is 1. The molecule has 112 valence electrons. The van der Waals surface area contributed by atoms with Gasteiger partial charge in [-0.25, -0.2) is 0 Å². The molecule has 0 aromatic carbocycles. The number of carbonyl (C=O) groups excluding carboxylic acids is 1. The zero-order chi connectivity index (χ0) is 15.6. The van der Waals surface area contributed by atoms with Crippen LogP contribution in [0.3, 0.4) is 0 Å². The molecule has 6 nitrogen and oxygen atoms in total. The highest BCUT2D eigenvalue weighted by molar-refractivity contribution is 5.78. The molecule has 0 aliphatic heterocycles. The minimum Gasteiger partial charge on any atom is -0.340 e. The SMILES string of the molecule is CN(CC(=O)N(CCC#N)CCC#N)CC(C)(C)CN. The normalized spacial score (nSPS) is 10.9. The minimum absolute atomic E-state index is 0.0425. The van der Waals surface area contributed by atoms with Crippen molar-refractivity contribution in [2.45, 2.75) is 26.7 Å². The van der Waals surface area contributed by atoms with Crippen molar-refractivity contribution < 1.29 is 4.79 Å². The van der Waals surface area contributed by atoms with Crippen molar-refractivity contribution in [1.29, 1.82) is 10.5 Å². The van der Waals surface area contributed by atoms with Crippen LogP contribution in [-0.2, 0) is 4.79 Å². The second-order valence-corrected chi connectivity index (χ2v) is 5.74. The van der Waals surface area contributed by atoms with E-state index in [4.69, 9.17) is 16.3 Å². The number of nitriles is 2. The molecule has 0 heterocycles. The van der Waals surface area contributed by atoms with Crippen LogP contribution in [0.25, 0.3) is 0 Å². The molecule has 0 saturated carbocycles. The molecule has 1 amide bonds. The lowest BCUT2D eigenvalue weighted by atomic mass is 9.93. The number of hydrogen-bond acceptors (Lipinski definition) is 5. The van der Waals surface area contributed by atoms with Crippen molar-refractivity contribution in [3.8, 4) is 12.1 Å². The lowest BCUT2D eigenvalue weighted by molar-refractivity contribution is -0.132. The summed E-state index contributed by atoms with van der Waals surface area (Å²) < 4.78 is 0. The fourth-order valence-corrected chi connectivity index (χ4v) is 1.91. The van der Waals surface area contributed by atoms with Gasteiger partial charge in [0.05, 0.1) is 31.5 Å². The molecule has 2 N–H and O–H groups in total. The van der Waals surface area contributed by atoms with Crippen LogP contribution in [0, 0.1) is 28.1 Å². The van der Waals surface area contributed by atoms with Gasteiger partial charge in [0.25, 0.3) is 0 Å². The van der Waals surface area contributed by atoms with E-state index in [0.29, 0.717) is 19.6 Å². The average molecular weight is 279 g/mol. The molecule has 0 aliphatic rings. The number of likely N-dealkylation sites (N-methyl/N-ethyl adjacent to an activating group) is 1. The summed E-state index contributed by atoms with van der Waals surface area (Å²) in [6, 6.07) is 4.05. The molecule has 0 aromatic heterocycles. The van der Waals surface area contributed by atoms with E-state index >= 15 is 0 Å². The maximum Gasteiger partial charge on any atom is 0.236 e. The summed E-state index contributed by atoms with van der Waals surface area (Å²) in [5, 5.41) is 17.2. The zero-order valence-electron chi connectivity index (χ0n) is 12.7. The average Bonchev–Trinajstić information content (AvgIpc) is 2.38. The van der Waals surface area contributed by atoms with Gasteiger partial charge in [-0.3, -0.25) is 9.69 Å². The standard InChI is InChI=1S/C14H25N5O/c1-14(2,11-17)12-18(3)10-13(20)19(8-4-6-15)9-5-7-16/h4-5,8-12,17H2,1-3H3. The van der Waals surface area contributed by atoms with Crippen LogP contribution >= 0.6 is 0 Å². The molecule has 20 heavy (non-hydrogen) atoms. The van der Waals surface area contributed by atoms with Crippen molar-refractivity contribution in [2.24, 2.45) is 11.1 Å². The van der Waals surface area contributed by atoms with Gasteiger partial charge in [0.15, 0.2) is 0 Å². The molecule has 0 aromatic rings. The third-order valence-corrected chi connectivity index (χ3v) is 3.00. The molecule has 0 aliphatic carbocycles. The van der Waals surface area contributed by atoms with Crippen molar-refractivity contribution in [3.63, 3.8) is 0 Å². The molecule has 0 atom stereocenters. The van der Waals surface area contributed by atoms with Gasteiger partial charge < -0.3 is 10.6 Å². The molecule has 0 unspecified atom stereocenters. The highest BCUT2D eigenvalue weighted by atomic mass is 16.2. The lowest BCUT2D eigenvalue weighted by Crippen LogP contribution is -2.44. The van der Waals surface area contributed by atoms with Crippen LogP contribution in [0.15, 0.2) is 0 Å². The topological polar surface area (TPSA) is 97.1 Å². The maximum absolute atomic E-state index is 12.2. The Labute approximate surface area is 121 Å². The van der Waals surface area contributed by atoms with Gasteiger partial charge in [-0.2, -0.15) is 10.5 Å². The fourth-order valence-electron chi connectivity index (χ4n) is 1.91. The molecule has 0 fully saturated rings. The van der Waals surface area contributed by atoms with Crippen LogP contribution in [0.5, 0.6) is 0 Å². The Kier molecular flexibility index (Phi) is 8.54. The first kappa shape index (κ1) is 18.4. The Balaban J connectivity index is 4.43. The van der Waals surface area contributed by atoms with Gasteiger partial charge in [-0.15, -0.1) is 0 Å². The molecule has 6 heteroatoms. The van der Waals surface area contributed by atoms with E-state index in [9.17, 15) is 4.79 Å². The molecular formula is C14H25N5O. The van der Waals surface area contributed by atoms with E-state index in [1.165, 1.54) is 0 Å². The summed E-state index contributed by atoms with van der Waals surface area (Å²) in [6.45, 7) is 6.42. The Morgan fingerprint density at radius 1 is 1.20 bits per heavy atom. The van der Waals surface area contributed by atoms with Gasteiger partial charge in [0.2, 0.25) is 5.91 Å². The fraction of sp³-hybridized carbons (Fsp3) is 0.786. The van der Waals surface area contributed by atoms with Crippen molar-refractivity contribution in [2.75, 3.05) is 39.8 Å². The quantitative estimate of drug-likeness (QED) is 0.665. The highest BCUT2D eigenvalue weighted by Gasteiger charge is 2.21. The molecule has 0 saturated heterocycles. The Morgan fingerprint density at radius 2 is 1.70 bits per heavy atom. The summed E-state index contributed by atoms with van der Waals surface area (Å²) in [5.74, 6) is -0.0502. The van der Waals surface area contributed by atoms with Crippen LogP contribution in [0.1, 0.15) is 26.7 Å². The third-order valence-electron chi connectivity index (χ3n) is 3.00. The summed E-state index contributed by atoms with van der Waals surface area (Å²) >= 11 is 0. The summed E-state index contributed by atoms with van der Waals surface area (Å²) in [6.07, 6.45) is 0.574. The van der Waals surface area contributed by atoms with Crippen LogP contribution in [0.4, 0.5) is 0 Å². The first-order valence-corrected chi connectivity index (χ1v) is 6.76. The van der Waals surface area contributed by atoms with Crippen LogP contribution in [-0.4, -0.2) is 55.5 Å². The second kappa shape index (κ2) is 9.30. The van der Waals surface area contributed by atoms with Gasteiger partial charge in [0, 0.05) is 19.6 Å². The summed E-state index contributed by atoms with van der Waals surface area (Å²) in [4.78, 5) is 15.7. The number of rotatable bonds is 9. The minimum atomic E-state index is -0.0502. The van der Waals surface area contributed by atoms with E-state index in [2.05, 4.69) is 13.8 Å². The van der Waals surface area contributed by atoms with Crippen LogP contribution < -0.4 is 5.73 Å². The molecule has 0 radical (unpaired) electrons. The van der Waals surface area contributed by atoms with Gasteiger partial charge in [0.1, 0.15) is 0 Å². The number of nitrogens with zero attached hydrogens (tertiary/aromatic N) is 4. The van der Waals surface area contributed by atoms with E-state index in [1.54, 1.807) is 4.90 Å². The second-order valence-electron chi connectivity index (χ2n) is 5.74. The monoisotopic (exact) mass is 279 g/mol. The van der Waals surface area contributed by atoms with Crippen LogP contribution in [0.2, 0.25) is 0 Å². The van der Waals surface area contributed by atoms with Crippen molar-refractivity contribution in [1.82, 2.24) is 9.80 Å². The first-order valence-electron chi connectivity index (χ1n) is 6.76. The Morgan fingerprint density at radius 3 is 2.10 bits per heavy atom. The largest absolute Gasteiger partial charge is 0.340 e. The predicted octanol–water partition coefficient (Wildman–Crippen LogP) is 0.559. The molecule has 0 bridgehead atoms.